The third kappa shape index (κ3) is 12.3. The first-order chi connectivity index (χ1) is 8.85. The molecule has 0 fully saturated rings. The summed E-state index contributed by atoms with van der Waals surface area (Å²) >= 11 is 0. The largest absolute Gasteiger partial charge is 0.364 e. The normalized spacial score (nSPS) is 11.3. The lowest BCUT2D eigenvalue weighted by molar-refractivity contribution is -0.00193. The minimum Gasteiger partial charge on any atom is -0.364 e. The Morgan fingerprint density at radius 3 is 1.83 bits per heavy atom. The number of ether oxygens (including phenoxy) is 1. The fraction of sp³-hybridized carbons (Fsp3) is 1.00. The van der Waals surface area contributed by atoms with Crippen LogP contribution in [0.4, 0.5) is 0 Å². The van der Waals surface area contributed by atoms with Crippen LogP contribution in [0.3, 0.4) is 0 Å². The van der Waals surface area contributed by atoms with Crippen LogP contribution in [-0.2, 0) is 9.84 Å². The van der Waals surface area contributed by atoms with E-state index in [0.29, 0.717) is 13.3 Å². The van der Waals surface area contributed by atoms with Gasteiger partial charge in [-0.05, 0) is 12.8 Å². The molecule has 0 N–H and O–H groups in total. The Hall–Kier alpha value is -0.120. The van der Waals surface area contributed by atoms with Crippen LogP contribution in [0.25, 0.3) is 0 Å². The van der Waals surface area contributed by atoms with Crippen molar-refractivity contribution in [2.75, 3.05) is 33.0 Å². The predicted octanol–water partition coefficient (Wildman–Crippen LogP) is 3.85. The summed E-state index contributed by atoms with van der Waals surface area (Å²) < 4.78 is 5.37. The van der Waals surface area contributed by atoms with E-state index >= 15 is 0 Å². The average Bonchev–Trinajstić information content (AvgIpc) is 2.39. The van der Waals surface area contributed by atoms with Gasteiger partial charge in [0.05, 0.1) is 13.3 Å². The molecule has 0 aliphatic carbocycles. The molecular weight excluding hydrogens is 226 g/mol. The third-order valence-electron chi connectivity index (χ3n) is 3.16. The van der Waals surface area contributed by atoms with Crippen molar-refractivity contribution in [2.45, 2.75) is 65.2 Å². The molecule has 0 saturated heterocycles. The maximum absolute atomic E-state index is 10.4. The number of hydrogen-bond acceptors (Lipinski definition) is 2. The molecule has 109 valence electrons. The summed E-state index contributed by atoms with van der Waals surface area (Å²) in [6.45, 7) is 7.57. The highest BCUT2D eigenvalue weighted by molar-refractivity contribution is 4.55. The minimum absolute atomic E-state index is 0.125. The van der Waals surface area contributed by atoms with Crippen molar-refractivity contribution in [3.63, 3.8) is 0 Å². The molecule has 0 aliphatic heterocycles. The van der Waals surface area contributed by atoms with Crippen LogP contribution in [-0.4, -0.2) is 37.9 Å². The molecule has 0 spiro atoms. The summed E-state index contributed by atoms with van der Waals surface area (Å²) in [5.74, 6) is 0. The Morgan fingerprint density at radius 2 is 1.39 bits per heavy atom. The monoisotopic (exact) mass is 258 g/mol. The van der Waals surface area contributed by atoms with Crippen LogP contribution < -0.4 is 0 Å². The van der Waals surface area contributed by atoms with Crippen molar-refractivity contribution in [3.05, 3.63) is 0 Å². The molecule has 3 nitrogen and oxygen atoms in total. The molecule has 1 radical (unpaired) electrons. The lowest BCUT2D eigenvalue weighted by Gasteiger charge is -2.22. The van der Waals surface area contributed by atoms with Gasteiger partial charge in [-0.3, -0.25) is 4.90 Å². The van der Waals surface area contributed by atoms with Crippen molar-refractivity contribution in [1.29, 1.82) is 0 Å². The van der Waals surface area contributed by atoms with Crippen LogP contribution >= 0.6 is 0 Å². The smallest absolute Gasteiger partial charge is 0.106 e. The zero-order valence-electron chi connectivity index (χ0n) is 12.5. The first kappa shape index (κ1) is 17.9. The van der Waals surface area contributed by atoms with E-state index in [4.69, 9.17) is 4.74 Å². The number of rotatable bonds is 14. The maximum Gasteiger partial charge on any atom is 0.106 e. The van der Waals surface area contributed by atoms with E-state index in [0.717, 1.165) is 13.1 Å². The molecule has 0 aromatic carbocycles. The second-order valence-corrected chi connectivity index (χ2v) is 4.98. The summed E-state index contributed by atoms with van der Waals surface area (Å²) in [4.78, 5) is 2.36. The molecule has 0 heterocycles. The zero-order valence-corrected chi connectivity index (χ0v) is 12.5. The molecule has 0 aliphatic rings. The topological polar surface area (TPSA) is 32.4 Å². The van der Waals surface area contributed by atoms with E-state index in [9.17, 15) is 5.11 Å². The fourth-order valence-corrected chi connectivity index (χ4v) is 2.02. The van der Waals surface area contributed by atoms with E-state index in [2.05, 4.69) is 18.7 Å². The van der Waals surface area contributed by atoms with Crippen LogP contribution in [0.5, 0.6) is 0 Å². The van der Waals surface area contributed by atoms with Crippen LogP contribution in [0.2, 0.25) is 0 Å². The summed E-state index contributed by atoms with van der Waals surface area (Å²) in [7, 11) is 0. The molecule has 0 aromatic heterocycles. The van der Waals surface area contributed by atoms with Gasteiger partial charge in [-0.25, -0.2) is 5.11 Å². The molecule has 0 unspecified atom stereocenters. The van der Waals surface area contributed by atoms with Gasteiger partial charge in [0, 0.05) is 13.1 Å². The summed E-state index contributed by atoms with van der Waals surface area (Å²) in [6.07, 6.45) is 10.3. The highest BCUT2D eigenvalue weighted by Crippen LogP contribution is 2.05. The van der Waals surface area contributed by atoms with Crippen LogP contribution in [0.1, 0.15) is 65.2 Å². The highest BCUT2D eigenvalue weighted by atomic mass is 16.5. The van der Waals surface area contributed by atoms with Gasteiger partial charge in [0.15, 0.2) is 0 Å². The first-order valence-corrected chi connectivity index (χ1v) is 7.73. The summed E-state index contributed by atoms with van der Waals surface area (Å²) in [5.41, 5.74) is 0. The van der Waals surface area contributed by atoms with Crippen molar-refractivity contribution >= 4 is 0 Å². The Balaban J connectivity index is 3.62. The second kappa shape index (κ2) is 14.9. The average molecular weight is 258 g/mol. The van der Waals surface area contributed by atoms with E-state index < -0.39 is 0 Å². The van der Waals surface area contributed by atoms with Gasteiger partial charge in [-0.1, -0.05) is 52.4 Å². The second-order valence-electron chi connectivity index (χ2n) is 4.98. The highest BCUT2D eigenvalue weighted by Gasteiger charge is 2.04. The number of hydrogen-bond donors (Lipinski definition) is 0. The molecule has 3 heteroatoms. The third-order valence-corrected chi connectivity index (χ3v) is 3.16. The fourth-order valence-electron chi connectivity index (χ4n) is 2.02. The maximum atomic E-state index is 10.4. The minimum atomic E-state index is -0.125. The van der Waals surface area contributed by atoms with Gasteiger partial charge in [0.1, 0.15) is 6.61 Å². The van der Waals surface area contributed by atoms with Gasteiger partial charge in [-0.2, -0.15) is 0 Å². The molecule has 0 saturated carbocycles. The van der Waals surface area contributed by atoms with Gasteiger partial charge >= 0.3 is 0 Å². The zero-order chi connectivity index (χ0) is 13.5. The summed E-state index contributed by atoms with van der Waals surface area (Å²) in [6, 6.07) is 0. The standard InChI is InChI=1S/C15H32NO2/c1-3-5-7-9-11-16(15-18-14-13-17)12-10-8-6-4-2/h3-15H2,1-2H3. The van der Waals surface area contributed by atoms with Crippen molar-refractivity contribution in [2.24, 2.45) is 0 Å². The molecule has 0 amide bonds. The number of nitrogens with zero attached hydrogens (tertiary/aromatic N) is 1. The Morgan fingerprint density at radius 1 is 0.833 bits per heavy atom. The van der Waals surface area contributed by atoms with Gasteiger partial charge < -0.3 is 4.74 Å². The van der Waals surface area contributed by atoms with Crippen LogP contribution in [0.15, 0.2) is 0 Å². The predicted molar refractivity (Wildman–Crippen MR) is 76.2 cm³/mol. The lowest BCUT2D eigenvalue weighted by Crippen LogP contribution is -2.29. The van der Waals surface area contributed by atoms with E-state index in [1.54, 1.807) is 0 Å². The van der Waals surface area contributed by atoms with E-state index in [1.807, 2.05) is 0 Å². The molecular formula is C15H32NO2. The molecule has 0 atom stereocenters. The Bertz CT molecular complexity index is 141. The van der Waals surface area contributed by atoms with Gasteiger partial charge in [0.2, 0.25) is 0 Å². The van der Waals surface area contributed by atoms with Crippen molar-refractivity contribution < 1.29 is 9.84 Å². The quantitative estimate of drug-likeness (QED) is 0.350. The molecule has 0 bridgehead atoms. The van der Waals surface area contributed by atoms with Gasteiger partial charge in [-0.15, -0.1) is 0 Å². The van der Waals surface area contributed by atoms with Crippen LogP contribution in [0, 0.1) is 0 Å². The number of unbranched alkanes of at least 4 members (excludes halogenated alkanes) is 6. The van der Waals surface area contributed by atoms with Crippen molar-refractivity contribution in [3.8, 4) is 0 Å². The first-order valence-electron chi connectivity index (χ1n) is 7.73. The van der Waals surface area contributed by atoms with E-state index in [1.165, 1.54) is 51.4 Å². The Kier molecular flexibility index (Phi) is 14.8. The van der Waals surface area contributed by atoms with Crippen molar-refractivity contribution in [1.82, 2.24) is 4.90 Å². The summed E-state index contributed by atoms with van der Waals surface area (Å²) in [5, 5.41) is 10.4. The molecule has 0 aromatic rings. The molecule has 18 heavy (non-hydrogen) atoms. The molecule has 0 rings (SSSR count). The van der Waals surface area contributed by atoms with Gasteiger partial charge in [0.25, 0.3) is 0 Å². The lowest BCUT2D eigenvalue weighted by atomic mass is 10.2. The Labute approximate surface area is 114 Å². The SMILES string of the molecule is CCCCCCN(CCCCCC)COCC[O]. The van der Waals surface area contributed by atoms with E-state index in [-0.39, 0.29) is 6.61 Å².